The largest absolute Gasteiger partial charge is 0.390 e. The number of rotatable bonds is 6. The van der Waals surface area contributed by atoms with Crippen LogP contribution in [0.2, 0.25) is 0 Å². The molecule has 0 heterocycles. The lowest BCUT2D eigenvalue weighted by Crippen LogP contribution is -2.34. The van der Waals surface area contributed by atoms with Gasteiger partial charge in [-0.05, 0) is 19.3 Å². The topological polar surface area (TPSA) is 29.5 Å². The highest BCUT2D eigenvalue weighted by molar-refractivity contribution is 4.73. The van der Waals surface area contributed by atoms with Crippen LogP contribution in [0.25, 0.3) is 0 Å². The molecule has 0 saturated carbocycles. The third-order valence-corrected chi connectivity index (χ3v) is 2.12. The summed E-state index contributed by atoms with van der Waals surface area (Å²) in [5.74, 6) is 0.00758. The Morgan fingerprint density at radius 3 is 2.13 bits per heavy atom. The summed E-state index contributed by atoms with van der Waals surface area (Å²) < 4.78 is 41.0. The molecule has 0 saturated heterocycles. The van der Waals surface area contributed by atoms with Crippen molar-refractivity contribution >= 4 is 0 Å². The zero-order chi connectivity index (χ0) is 12.1. The van der Waals surface area contributed by atoms with Crippen molar-refractivity contribution < 1.29 is 23.0 Å². The summed E-state index contributed by atoms with van der Waals surface area (Å²) in [6, 6.07) is 0. The van der Waals surface area contributed by atoms with Gasteiger partial charge in [0.2, 0.25) is 0 Å². The Bertz CT molecular complexity index is 169. The number of aliphatic hydroxyl groups is 1. The predicted molar refractivity (Wildman–Crippen MR) is 51.5 cm³/mol. The molecule has 0 aromatic heterocycles. The van der Waals surface area contributed by atoms with Gasteiger partial charge >= 0.3 is 6.18 Å². The average molecular weight is 228 g/mol. The molecule has 0 spiro atoms. The Labute approximate surface area is 88.4 Å². The van der Waals surface area contributed by atoms with E-state index in [0.717, 1.165) is 0 Å². The van der Waals surface area contributed by atoms with Gasteiger partial charge in [-0.2, -0.15) is 13.2 Å². The molecule has 15 heavy (non-hydrogen) atoms. The summed E-state index contributed by atoms with van der Waals surface area (Å²) in [6.45, 7) is 5.78. The SMILES string of the molecule is CCOC(C(C)C)C(O)CCC(F)(F)F. The van der Waals surface area contributed by atoms with Crippen LogP contribution in [0, 0.1) is 5.92 Å². The summed E-state index contributed by atoms with van der Waals surface area (Å²) in [4.78, 5) is 0. The number of ether oxygens (including phenoxy) is 1. The Kier molecular flexibility index (Phi) is 6.20. The standard InChI is InChI=1S/C10H19F3O2/c1-4-15-9(7(2)3)8(14)5-6-10(11,12)13/h7-9,14H,4-6H2,1-3H3. The van der Waals surface area contributed by atoms with Crippen molar-refractivity contribution in [3.63, 3.8) is 0 Å². The highest BCUT2D eigenvalue weighted by Gasteiger charge is 2.31. The van der Waals surface area contributed by atoms with Gasteiger partial charge in [0.25, 0.3) is 0 Å². The lowest BCUT2D eigenvalue weighted by atomic mass is 9.98. The molecule has 92 valence electrons. The van der Waals surface area contributed by atoms with E-state index in [0.29, 0.717) is 6.61 Å². The smallest absolute Gasteiger partial charge is 0.389 e. The summed E-state index contributed by atoms with van der Waals surface area (Å²) in [6.07, 6.45) is -7.05. The molecular weight excluding hydrogens is 209 g/mol. The first kappa shape index (κ1) is 14.7. The van der Waals surface area contributed by atoms with Gasteiger partial charge in [0, 0.05) is 13.0 Å². The molecule has 2 unspecified atom stereocenters. The van der Waals surface area contributed by atoms with E-state index in [9.17, 15) is 18.3 Å². The van der Waals surface area contributed by atoms with E-state index in [2.05, 4.69) is 0 Å². The molecule has 2 atom stereocenters. The van der Waals surface area contributed by atoms with E-state index in [1.165, 1.54) is 0 Å². The van der Waals surface area contributed by atoms with E-state index in [-0.39, 0.29) is 12.3 Å². The number of alkyl halides is 3. The molecule has 0 radical (unpaired) electrons. The first-order chi connectivity index (χ1) is 6.78. The third-order valence-electron chi connectivity index (χ3n) is 2.12. The summed E-state index contributed by atoms with van der Waals surface area (Å²) >= 11 is 0. The fourth-order valence-electron chi connectivity index (χ4n) is 1.42. The van der Waals surface area contributed by atoms with Crippen molar-refractivity contribution in [1.82, 2.24) is 0 Å². The molecule has 0 rings (SSSR count). The molecular formula is C10H19F3O2. The Hall–Kier alpha value is -0.290. The summed E-state index contributed by atoms with van der Waals surface area (Å²) in [7, 11) is 0. The van der Waals surface area contributed by atoms with Crippen LogP contribution in [0.5, 0.6) is 0 Å². The first-order valence-corrected chi connectivity index (χ1v) is 5.14. The number of hydrogen-bond donors (Lipinski definition) is 1. The summed E-state index contributed by atoms with van der Waals surface area (Å²) in [5, 5.41) is 9.55. The fourth-order valence-corrected chi connectivity index (χ4v) is 1.42. The number of hydrogen-bond acceptors (Lipinski definition) is 2. The first-order valence-electron chi connectivity index (χ1n) is 5.14. The van der Waals surface area contributed by atoms with Crippen LogP contribution in [-0.2, 0) is 4.74 Å². The Morgan fingerprint density at radius 2 is 1.80 bits per heavy atom. The lowest BCUT2D eigenvalue weighted by molar-refractivity contribution is -0.147. The molecule has 0 aliphatic rings. The van der Waals surface area contributed by atoms with E-state index < -0.39 is 24.8 Å². The van der Waals surface area contributed by atoms with Gasteiger partial charge in [-0.3, -0.25) is 0 Å². The molecule has 0 aromatic rings. The van der Waals surface area contributed by atoms with Crippen LogP contribution >= 0.6 is 0 Å². The van der Waals surface area contributed by atoms with Crippen molar-refractivity contribution in [2.24, 2.45) is 5.92 Å². The molecule has 0 aliphatic heterocycles. The normalized spacial score (nSPS) is 16.8. The second-order valence-electron chi connectivity index (χ2n) is 3.89. The van der Waals surface area contributed by atoms with Gasteiger partial charge in [-0.1, -0.05) is 13.8 Å². The zero-order valence-electron chi connectivity index (χ0n) is 9.34. The van der Waals surface area contributed by atoms with Crippen LogP contribution in [-0.4, -0.2) is 30.1 Å². The molecule has 0 aliphatic carbocycles. The Balaban J connectivity index is 4.08. The molecule has 0 bridgehead atoms. The second-order valence-corrected chi connectivity index (χ2v) is 3.89. The highest BCUT2D eigenvalue weighted by Crippen LogP contribution is 2.24. The van der Waals surface area contributed by atoms with Gasteiger partial charge in [0.15, 0.2) is 0 Å². The van der Waals surface area contributed by atoms with E-state index >= 15 is 0 Å². The number of aliphatic hydroxyl groups excluding tert-OH is 1. The molecule has 1 N–H and O–H groups in total. The zero-order valence-corrected chi connectivity index (χ0v) is 9.34. The highest BCUT2D eigenvalue weighted by atomic mass is 19.4. The van der Waals surface area contributed by atoms with Gasteiger partial charge < -0.3 is 9.84 Å². The van der Waals surface area contributed by atoms with E-state index in [1.807, 2.05) is 13.8 Å². The monoisotopic (exact) mass is 228 g/mol. The van der Waals surface area contributed by atoms with Crippen molar-refractivity contribution in [3.8, 4) is 0 Å². The molecule has 0 amide bonds. The molecule has 0 fully saturated rings. The minimum absolute atomic E-state index is 0.00758. The number of halogens is 3. The van der Waals surface area contributed by atoms with Gasteiger partial charge in [-0.15, -0.1) is 0 Å². The minimum atomic E-state index is -4.21. The van der Waals surface area contributed by atoms with Crippen molar-refractivity contribution in [3.05, 3.63) is 0 Å². The minimum Gasteiger partial charge on any atom is -0.390 e. The molecule has 5 heteroatoms. The van der Waals surface area contributed by atoms with E-state index in [4.69, 9.17) is 4.74 Å². The van der Waals surface area contributed by atoms with Gasteiger partial charge in [-0.25, -0.2) is 0 Å². The summed E-state index contributed by atoms with van der Waals surface area (Å²) in [5.41, 5.74) is 0. The van der Waals surface area contributed by atoms with Crippen LogP contribution in [0.3, 0.4) is 0 Å². The Morgan fingerprint density at radius 1 is 1.27 bits per heavy atom. The van der Waals surface area contributed by atoms with Crippen LogP contribution < -0.4 is 0 Å². The lowest BCUT2D eigenvalue weighted by Gasteiger charge is -2.26. The maximum Gasteiger partial charge on any atom is 0.389 e. The second kappa shape index (κ2) is 6.33. The van der Waals surface area contributed by atoms with Crippen molar-refractivity contribution in [2.75, 3.05) is 6.61 Å². The quantitative estimate of drug-likeness (QED) is 0.757. The third kappa shape index (κ3) is 6.73. The maximum absolute atomic E-state index is 11.9. The predicted octanol–water partition coefficient (Wildman–Crippen LogP) is 2.75. The molecule has 0 aromatic carbocycles. The van der Waals surface area contributed by atoms with Gasteiger partial charge in [0.1, 0.15) is 0 Å². The average Bonchev–Trinajstić information content (AvgIpc) is 2.08. The van der Waals surface area contributed by atoms with E-state index in [1.54, 1.807) is 6.92 Å². The van der Waals surface area contributed by atoms with Gasteiger partial charge in [0.05, 0.1) is 12.2 Å². The molecule has 2 nitrogen and oxygen atoms in total. The van der Waals surface area contributed by atoms with Crippen LogP contribution in [0.4, 0.5) is 13.2 Å². The fraction of sp³-hybridized carbons (Fsp3) is 1.00. The van der Waals surface area contributed by atoms with Crippen LogP contribution in [0.1, 0.15) is 33.6 Å². The van der Waals surface area contributed by atoms with Crippen molar-refractivity contribution in [1.29, 1.82) is 0 Å². The van der Waals surface area contributed by atoms with Crippen molar-refractivity contribution in [2.45, 2.75) is 52.0 Å². The maximum atomic E-state index is 11.9. The van der Waals surface area contributed by atoms with Crippen LogP contribution in [0.15, 0.2) is 0 Å².